The molecule has 3 atom stereocenters. The van der Waals surface area contributed by atoms with Gasteiger partial charge in [-0.25, -0.2) is 0 Å². The van der Waals surface area contributed by atoms with Crippen molar-refractivity contribution in [1.82, 2.24) is 9.80 Å². The van der Waals surface area contributed by atoms with Gasteiger partial charge < -0.3 is 10.6 Å². The van der Waals surface area contributed by atoms with E-state index >= 15 is 0 Å². The molecule has 2 N–H and O–H groups in total. The van der Waals surface area contributed by atoms with Gasteiger partial charge in [-0.2, -0.15) is 0 Å². The summed E-state index contributed by atoms with van der Waals surface area (Å²) >= 11 is 0. The smallest absolute Gasteiger partial charge is 0.239 e. The van der Waals surface area contributed by atoms with Gasteiger partial charge in [0.05, 0.1) is 6.04 Å². The van der Waals surface area contributed by atoms with Crippen LogP contribution in [0.4, 0.5) is 0 Å². The minimum atomic E-state index is -0.00792. The van der Waals surface area contributed by atoms with E-state index in [1.54, 1.807) is 0 Å². The van der Waals surface area contributed by atoms with E-state index in [4.69, 9.17) is 5.73 Å². The highest BCUT2D eigenvalue weighted by Crippen LogP contribution is 2.21. The topological polar surface area (TPSA) is 49.6 Å². The number of nitrogens with zero attached hydrogens (tertiary/aromatic N) is 2. The zero-order chi connectivity index (χ0) is 13.7. The Kier molecular flexibility index (Phi) is 8.62. The summed E-state index contributed by atoms with van der Waals surface area (Å²) in [5, 5.41) is 0. The van der Waals surface area contributed by atoms with Gasteiger partial charge in [-0.1, -0.05) is 0 Å². The maximum Gasteiger partial charge on any atom is 0.239 e. The third-order valence-corrected chi connectivity index (χ3v) is 4.21. The van der Waals surface area contributed by atoms with Crippen LogP contribution in [0, 0.1) is 5.92 Å². The van der Waals surface area contributed by atoms with Crippen molar-refractivity contribution >= 4 is 18.3 Å². The number of hydrogen-bond acceptors (Lipinski definition) is 3. The second-order valence-corrected chi connectivity index (χ2v) is 5.44. The Morgan fingerprint density at radius 1 is 1.37 bits per heavy atom. The lowest BCUT2D eigenvalue weighted by atomic mass is 9.91. The number of piperidine rings is 1. The number of halogens is 1. The molecule has 0 aromatic heterocycles. The van der Waals surface area contributed by atoms with Crippen LogP contribution in [0.2, 0.25) is 0 Å². The van der Waals surface area contributed by atoms with E-state index in [1.165, 1.54) is 6.42 Å². The van der Waals surface area contributed by atoms with Crippen LogP contribution in [-0.2, 0) is 4.79 Å². The van der Waals surface area contributed by atoms with Crippen LogP contribution < -0.4 is 5.73 Å². The Labute approximate surface area is 124 Å². The molecule has 5 heteroatoms. The molecule has 1 fully saturated rings. The molecular formula is C14H30ClN3O. The average molecular weight is 292 g/mol. The molecular weight excluding hydrogens is 262 g/mol. The average Bonchev–Trinajstić information content (AvgIpc) is 2.39. The normalized spacial score (nSPS) is 23.3. The number of hydrogen-bond donors (Lipinski definition) is 1. The lowest BCUT2D eigenvalue weighted by Crippen LogP contribution is -2.52. The van der Waals surface area contributed by atoms with Crippen LogP contribution in [0.1, 0.15) is 40.5 Å². The molecule has 19 heavy (non-hydrogen) atoms. The molecule has 1 rings (SSSR count). The molecule has 1 amide bonds. The molecule has 4 nitrogen and oxygen atoms in total. The summed E-state index contributed by atoms with van der Waals surface area (Å²) in [6, 6.07) is 0.218. The maximum absolute atomic E-state index is 12.3. The molecule has 1 aliphatic heterocycles. The van der Waals surface area contributed by atoms with Gasteiger partial charge in [-0.05, 0) is 53.0 Å². The van der Waals surface area contributed by atoms with Gasteiger partial charge in [0.1, 0.15) is 0 Å². The van der Waals surface area contributed by atoms with Gasteiger partial charge in [0.2, 0.25) is 5.91 Å². The molecule has 1 saturated heterocycles. The van der Waals surface area contributed by atoms with Crippen LogP contribution in [0.15, 0.2) is 0 Å². The molecule has 0 aromatic rings. The highest BCUT2D eigenvalue weighted by molar-refractivity contribution is 5.85. The minimum absolute atomic E-state index is 0. The molecule has 0 saturated carbocycles. The third kappa shape index (κ3) is 4.93. The maximum atomic E-state index is 12.3. The Bertz CT molecular complexity index is 269. The fourth-order valence-electron chi connectivity index (χ4n) is 2.78. The summed E-state index contributed by atoms with van der Waals surface area (Å²) in [6.45, 7) is 11.8. The monoisotopic (exact) mass is 291 g/mol. The number of carbonyl (C=O) groups excluding carboxylic acids is 1. The summed E-state index contributed by atoms with van der Waals surface area (Å²) in [5.41, 5.74) is 6.00. The van der Waals surface area contributed by atoms with Crippen molar-refractivity contribution in [3.05, 3.63) is 0 Å². The van der Waals surface area contributed by atoms with Crippen molar-refractivity contribution in [2.24, 2.45) is 11.7 Å². The molecule has 0 spiro atoms. The number of likely N-dealkylation sites (N-methyl/N-ethyl adjacent to an activating group) is 1. The van der Waals surface area contributed by atoms with Crippen LogP contribution in [-0.4, -0.2) is 54.0 Å². The summed E-state index contributed by atoms with van der Waals surface area (Å²) in [7, 11) is 0. The van der Waals surface area contributed by atoms with Gasteiger partial charge in [0, 0.05) is 25.7 Å². The predicted octanol–water partition coefficient (Wildman–Crippen LogP) is 1.72. The van der Waals surface area contributed by atoms with Crippen LogP contribution in [0.25, 0.3) is 0 Å². The molecule has 0 radical (unpaired) electrons. The predicted molar refractivity (Wildman–Crippen MR) is 82.6 cm³/mol. The second-order valence-electron chi connectivity index (χ2n) is 5.44. The Morgan fingerprint density at radius 3 is 2.42 bits per heavy atom. The molecule has 0 aromatic carbocycles. The first-order valence-electron chi connectivity index (χ1n) is 7.29. The van der Waals surface area contributed by atoms with Crippen LogP contribution in [0.5, 0.6) is 0 Å². The largest absolute Gasteiger partial charge is 0.342 e. The number of likely N-dealkylation sites (tertiary alicyclic amines) is 1. The Morgan fingerprint density at radius 2 is 1.95 bits per heavy atom. The zero-order valence-electron chi connectivity index (χ0n) is 12.8. The Balaban J connectivity index is 0.00000324. The Hall–Kier alpha value is -0.320. The van der Waals surface area contributed by atoms with Crippen molar-refractivity contribution < 1.29 is 4.79 Å². The number of amides is 1. The van der Waals surface area contributed by atoms with Gasteiger partial charge in [-0.3, -0.25) is 9.69 Å². The molecule has 1 aliphatic rings. The summed E-state index contributed by atoms with van der Waals surface area (Å²) in [6.07, 6.45) is 2.35. The van der Waals surface area contributed by atoms with E-state index in [0.717, 1.165) is 32.6 Å². The third-order valence-electron chi connectivity index (χ3n) is 4.21. The first kappa shape index (κ1) is 18.7. The lowest BCUT2D eigenvalue weighted by molar-refractivity contribution is -0.136. The first-order chi connectivity index (χ1) is 8.51. The SMILES string of the molecule is CCN(CC)C(=O)C(C)N1CCCC(C(C)N)C1.Cl. The van der Waals surface area contributed by atoms with Crippen molar-refractivity contribution in [3.63, 3.8) is 0 Å². The van der Waals surface area contributed by atoms with Crippen LogP contribution >= 0.6 is 12.4 Å². The summed E-state index contributed by atoms with van der Waals surface area (Å²) < 4.78 is 0. The lowest BCUT2D eigenvalue weighted by Gasteiger charge is -2.39. The van der Waals surface area contributed by atoms with Gasteiger partial charge in [-0.15, -0.1) is 12.4 Å². The standard InChI is InChI=1S/C14H29N3O.ClH/c1-5-16(6-2)14(18)12(4)17-9-7-8-13(10-17)11(3)15;/h11-13H,5-10,15H2,1-4H3;1H. The van der Waals surface area contributed by atoms with E-state index in [0.29, 0.717) is 5.92 Å². The highest BCUT2D eigenvalue weighted by atomic mass is 35.5. The van der Waals surface area contributed by atoms with Crippen molar-refractivity contribution in [2.45, 2.75) is 52.6 Å². The number of nitrogens with two attached hydrogens (primary N) is 1. The quantitative estimate of drug-likeness (QED) is 0.839. The van der Waals surface area contributed by atoms with Crippen molar-refractivity contribution in [3.8, 4) is 0 Å². The first-order valence-corrected chi connectivity index (χ1v) is 7.29. The second kappa shape index (κ2) is 8.77. The highest BCUT2D eigenvalue weighted by Gasteiger charge is 2.30. The van der Waals surface area contributed by atoms with Gasteiger partial charge >= 0.3 is 0 Å². The molecule has 1 heterocycles. The summed E-state index contributed by atoms with van der Waals surface area (Å²) in [4.78, 5) is 16.6. The van der Waals surface area contributed by atoms with E-state index in [2.05, 4.69) is 11.8 Å². The van der Waals surface area contributed by atoms with Crippen molar-refractivity contribution in [2.75, 3.05) is 26.2 Å². The summed E-state index contributed by atoms with van der Waals surface area (Å²) in [5.74, 6) is 0.788. The van der Waals surface area contributed by atoms with E-state index in [-0.39, 0.29) is 30.4 Å². The number of rotatable bonds is 5. The molecule has 0 bridgehead atoms. The number of carbonyl (C=O) groups is 1. The molecule has 114 valence electrons. The van der Waals surface area contributed by atoms with E-state index < -0.39 is 0 Å². The van der Waals surface area contributed by atoms with Crippen molar-refractivity contribution in [1.29, 1.82) is 0 Å². The van der Waals surface area contributed by atoms with Gasteiger partial charge in [0.25, 0.3) is 0 Å². The zero-order valence-corrected chi connectivity index (χ0v) is 13.6. The van der Waals surface area contributed by atoms with E-state index in [1.807, 2.05) is 25.7 Å². The van der Waals surface area contributed by atoms with E-state index in [9.17, 15) is 4.79 Å². The van der Waals surface area contributed by atoms with Gasteiger partial charge in [0.15, 0.2) is 0 Å². The molecule has 3 unspecified atom stereocenters. The fourth-order valence-corrected chi connectivity index (χ4v) is 2.78. The fraction of sp³-hybridized carbons (Fsp3) is 0.929. The molecule has 0 aliphatic carbocycles. The minimum Gasteiger partial charge on any atom is -0.342 e. The van der Waals surface area contributed by atoms with Crippen LogP contribution in [0.3, 0.4) is 0 Å².